The van der Waals surface area contributed by atoms with Crippen molar-refractivity contribution < 1.29 is 0 Å². The second-order valence-electron chi connectivity index (χ2n) is 6.07. The van der Waals surface area contributed by atoms with Gasteiger partial charge < -0.3 is 0 Å². The van der Waals surface area contributed by atoms with Gasteiger partial charge in [0.2, 0.25) is 0 Å². The Morgan fingerprint density at radius 2 is 1.07 bits per heavy atom. The molecule has 0 amide bonds. The van der Waals surface area contributed by atoms with Gasteiger partial charge in [-0.2, -0.15) is 0 Å². The van der Waals surface area contributed by atoms with Gasteiger partial charge >= 0.3 is 0 Å². The molecule has 0 atom stereocenters. The zero-order valence-corrected chi connectivity index (χ0v) is 16.3. The summed E-state index contributed by atoms with van der Waals surface area (Å²) in [5.74, 6) is 1.92. The third-order valence-electron chi connectivity index (χ3n) is 4.42. The van der Waals surface area contributed by atoms with E-state index in [9.17, 15) is 0 Å². The number of allylic oxidation sites excluding steroid dienone is 2. The normalized spacial score (nSPS) is 11.0. The molecule has 0 bridgehead atoms. The van der Waals surface area contributed by atoms with Gasteiger partial charge in [-0.1, -0.05) is 63.3 Å². The molecule has 2 aromatic rings. The minimum Gasteiger partial charge on any atom is -0.219 e. The van der Waals surface area contributed by atoms with Crippen LogP contribution in [0.5, 0.6) is 0 Å². The number of rotatable bonds is 7. The van der Waals surface area contributed by atoms with E-state index >= 15 is 0 Å². The average molecular weight is 355 g/mol. The van der Waals surface area contributed by atoms with Gasteiger partial charge in [0, 0.05) is 5.57 Å². The van der Waals surface area contributed by atoms with E-state index in [1.165, 1.54) is 0 Å². The molecular formula is C24H25N3. The summed E-state index contributed by atoms with van der Waals surface area (Å²) in [6.07, 6.45) is 11.1. The maximum absolute atomic E-state index is 4.46. The monoisotopic (exact) mass is 355 g/mol. The number of benzene rings is 1. The molecule has 1 aromatic heterocycles. The van der Waals surface area contributed by atoms with Crippen LogP contribution in [0.4, 0.5) is 0 Å². The van der Waals surface area contributed by atoms with E-state index in [-0.39, 0.29) is 0 Å². The van der Waals surface area contributed by atoms with E-state index in [0.717, 1.165) is 39.0 Å². The smallest absolute Gasteiger partial charge is 0.163 e. The number of hydrogen-bond donors (Lipinski definition) is 0. The largest absolute Gasteiger partial charge is 0.219 e. The summed E-state index contributed by atoms with van der Waals surface area (Å²) in [6, 6.07) is 0. The third-order valence-corrected chi connectivity index (χ3v) is 4.42. The van der Waals surface area contributed by atoms with Gasteiger partial charge in [-0.05, 0) is 60.2 Å². The lowest BCUT2D eigenvalue weighted by atomic mass is 9.86. The fourth-order valence-corrected chi connectivity index (χ4v) is 3.22. The van der Waals surface area contributed by atoms with Gasteiger partial charge in [0.25, 0.3) is 0 Å². The maximum atomic E-state index is 4.46. The van der Waals surface area contributed by atoms with Crippen molar-refractivity contribution in [1.82, 2.24) is 15.0 Å². The first-order chi connectivity index (χ1) is 12.9. The minimum atomic E-state index is 0.584. The molecular weight excluding hydrogens is 330 g/mol. The lowest BCUT2D eigenvalue weighted by Gasteiger charge is -2.18. The predicted octanol–water partition coefficient (Wildman–Crippen LogP) is 6.10. The van der Waals surface area contributed by atoms with Crippen molar-refractivity contribution in [2.24, 2.45) is 0 Å². The molecule has 0 fully saturated rings. The summed E-state index contributed by atoms with van der Waals surface area (Å²) in [6.45, 7) is 25.6. The zero-order chi connectivity index (χ0) is 20.1. The zero-order valence-electron chi connectivity index (χ0n) is 16.3. The van der Waals surface area contributed by atoms with Crippen LogP contribution < -0.4 is 0 Å². The van der Waals surface area contributed by atoms with Crippen LogP contribution >= 0.6 is 0 Å². The highest BCUT2D eigenvalue weighted by atomic mass is 15.0. The molecule has 0 aliphatic heterocycles. The molecule has 1 heterocycles. The van der Waals surface area contributed by atoms with Gasteiger partial charge in [0.1, 0.15) is 11.6 Å². The van der Waals surface area contributed by atoms with E-state index in [2.05, 4.69) is 54.8 Å². The van der Waals surface area contributed by atoms with Gasteiger partial charge in [-0.25, -0.2) is 15.0 Å². The summed E-state index contributed by atoms with van der Waals surface area (Å²) in [5.41, 5.74) is 6.83. The molecule has 0 spiro atoms. The molecule has 2 rings (SSSR count). The van der Waals surface area contributed by atoms with Crippen LogP contribution in [-0.4, -0.2) is 15.0 Å². The quantitative estimate of drug-likeness (QED) is 0.564. The Morgan fingerprint density at radius 3 is 1.44 bits per heavy atom. The molecule has 27 heavy (non-hydrogen) atoms. The van der Waals surface area contributed by atoms with E-state index in [0.29, 0.717) is 17.5 Å². The summed E-state index contributed by atoms with van der Waals surface area (Å²) in [7, 11) is 0. The van der Waals surface area contributed by atoms with Crippen LogP contribution in [0.2, 0.25) is 0 Å². The number of nitrogens with zero attached hydrogens (tertiary/aromatic N) is 3. The summed E-state index contributed by atoms with van der Waals surface area (Å²) >= 11 is 0. The first-order valence-corrected chi connectivity index (χ1v) is 8.65. The molecule has 1 aromatic carbocycles. The van der Waals surface area contributed by atoms with Gasteiger partial charge in [-0.15, -0.1) is 0 Å². The standard InChI is InChI=1S/C24H25N3/c1-9-18(24-26-16(7)25-17(8)27-24)14-23-21(12-4)19(10-2)15(6)20(11-3)22(23)13-5/h9-14H,1-5H2,6-8H3/b18-14+. The second-order valence-corrected chi connectivity index (χ2v) is 6.07. The Bertz CT molecular complexity index is 930. The van der Waals surface area contributed by atoms with E-state index in [4.69, 9.17) is 0 Å². The van der Waals surface area contributed by atoms with Crippen LogP contribution in [0.15, 0.2) is 39.0 Å². The third kappa shape index (κ3) is 3.77. The first kappa shape index (κ1) is 20.0. The minimum absolute atomic E-state index is 0.584. The molecule has 0 saturated heterocycles. The fourth-order valence-electron chi connectivity index (χ4n) is 3.22. The molecule has 0 unspecified atom stereocenters. The molecule has 0 aliphatic rings. The van der Waals surface area contributed by atoms with Crippen molar-refractivity contribution in [3.8, 4) is 0 Å². The number of aryl methyl sites for hydroxylation is 2. The van der Waals surface area contributed by atoms with Crippen molar-refractivity contribution in [2.45, 2.75) is 20.8 Å². The Morgan fingerprint density at radius 1 is 0.630 bits per heavy atom. The summed E-state index contributed by atoms with van der Waals surface area (Å²) in [5, 5.41) is 0. The first-order valence-electron chi connectivity index (χ1n) is 8.65. The summed E-state index contributed by atoms with van der Waals surface area (Å²) < 4.78 is 0. The second kappa shape index (κ2) is 8.37. The molecule has 3 heteroatoms. The van der Waals surface area contributed by atoms with Gasteiger partial charge in [0.05, 0.1) is 0 Å². The Labute approximate surface area is 161 Å². The van der Waals surface area contributed by atoms with Crippen LogP contribution in [0.3, 0.4) is 0 Å². The SMILES string of the molecule is C=C/C(=C\c1c(C=C)c(C=C)c(C)c(C=C)c1C=C)c1nc(C)nc(C)n1. The molecule has 136 valence electrons. The van der Waals surface area contributed by atoms with Crippen molar-refractivity contribution in [3.63, 3.8) is 0 Å². The Kier molecular flexibility index (Phi) is 6.19. The molecule has 0 saturated carbocycles. The highest BCUT2D eigenvalue weighted by molar-refractivity contribution is 5.93. The van der Waals surface area contributed by atoms with Crippen LogP contribution in [-0.2, 0) is 0 Å². The fraction of sp³-hybridized carbons (Fsp3) is 0.125. The lowest BCUT2D eigenvalue weighted by molar-refractivity contribution is 0.904. The molecule has 0 N–H and O–H groups in total. The van der Waals surface area contributed by atoms with Crippen molar-refractivity contribution in [1.29, 1.82) is 0 Å². The van der Waals surface area contributed by atoms with Gasteiger partial charge in [0.15, 0.2) is 5.82 Å². The van der Waals surface area contributed by atoms with Crippen LogP contribution in [0.1, 0.15) is 50.9 Å². The Balaban J connectivity index is 2.93. The Hall–Kier alpha value is -3.33. The topological polar surface area (TPSA) is 38.7 Å². The predicted molar refractivity (Wildman–Crippen MR) is 119 cm³/mol. The highest BCUT2D eigenvalue weighted by Crippen LogP contribution is 2.34. The lowest BCUT2D eigenvalue weighted by Crippen LogP contribution is -2.03. The van der Waals surface area contributed by atoms with Crippen LogP contribution in [0, 0.1) is 20.8 Å². The van der Waals surface area contributed by atoms with E-state index in [1.807, 2.05) is 44.2 Å². The maximum Gasteiger partial charge on any atom is 0.163 e. The van der Waals surface area contributed by atoms with Gasteiger partial charge in [-0.3, -0.25) is 0 Å². The summed E-state index contributed by atoms with van der Waals surface area (Å²) in [4.78, 5) is 13.2. The highest BCUT2D eigenvalue weighted by Gasteiger charge is 2.16. The van der Waals surface area contributed by atoms with E-state index < -0.39 is 0 Å². The number of aromatic nitrogens is 3. The van der Waals surface area contributed by atoms with Crippen molar-refractivity contribution in [2.75, 3.05) is 0 Å². The molecule has 0 aliphatic carbocycles. The molecule has 3 nitrogen and oxygen atoms in total. The van der Waals surface area contributed by atoms with Crippen molar-refractivity contribution in [3.05, 3.63) is 89.8 Å². The average Bonchev–Trinajstić information content (AvgIpc) is 2.64. The molecule has 0 radical (unpaired) electrons. The van der Waals surface area contributed by atoms with Crippen molar-refractivity contribution >= 4 is 36.0 Å². The van der Waals surface area contributed by atoms with E-state index in [1.54, 1.807) is 6.08 Å². The number of hydrogen-bond acceptors (Lipinski definition) is 3. The van der Waals surface area contributed by atoms with Crippen LogP contribution in [0.25, 0.3) is 36.0 Å².